The first kappa shape index (κ1) is 22.5. The Kier molecular flexibility index (Phi) is 7.50. The number of fused-ring (bicyclic) bond motifs is 1. The van der Waals surface area contributed by atoms with Gasteiger partial charge in [0.2, 0.25) is 0 Å². The average Bonchev–Trinajstić information content (AvgIpc) is 2.76. The van der Waals surface area contributed by atoms with Crippen LogP contribution in [0, 0.1) is 0 Å². The maximum Gasteiger partial charge on any atom is 0.254 e. The van der Waals surface area contributed by atoms with E-state index in [9.17, 15) is 4.79 Å². The molecule has 0 amide bonds. The van der Waals surface area contributed by atoms with Gasteiger partial charge in [0.1, 0.15) is 0 Å². The van der Waals surface area contributed by atoms with E-state index in [1.165, 1.54) is 44.0 Å². The lowest BCUT2D eigenvalue weighted by Crippen LogP contribution is -2.44. The fourth-order valence-corrected chi connectivity index (χ4v) is 6.03. The summed E-state index contributed by atoms with van der Waals surface area (Å²) >= 11 is 0. The molecule has 1 saturated carbocycles. The predicted molar refractivity (Wildman–Crippen MR) is 131 cm³/mol. The topological polar surface area (TPSA) is 51.3 Å². The third kappa shape index (κ3) is 5.23. The van der Waals surface area contributed by atoms with Gasteiger partial charge in [0.05, 0.1) is 5.52 Å². The first-order chi connectivity index (χ1) is 15.0. The van der Waals surface area contributed by atoms with Crippen molar-refractivity contribution >= 4 is 10.9 Å². The summed E-state index contributed by atoms with van der Waals surface area (Å²) in [6.45, 7) is 6.77. The molecule has 2 aromatic rings. The number of benzene rings is 1. The first-order valence-electron chi connectivity index (χ1n) is 12.7. The molecule has 4 heteroatoms. The molecular formula is C27H41N3O. The molecule has 2 heterocycles. The first-order valence-corrected chi connectivity index (χ1v) is 12.7. The van der Waals surface area contributed by atoms with Gasteiger partial charge in [0.15, 0.2) is 0 Å². The highest BCUT2D eigenvalue weighted by Gasteiger charge is 2.25. The summed E-state index contributed by atoms with van der Waals surface area (Å²) in [6.07, 6.45) is 11.8. The summed E-state index contributed by atoms with van der Waals surface area (Å²) in [7, 11) is 0. The Balaban J connectivity index is 1.44. The SMILES string of the molecule is C[C@@H]1CCC[C@H](C)N1CCCCCn1c(=O)c(C2CCCC(N)C2)cc2ccccc21. The highest BCUT2D eigenvalue weighted by molar-refractivity contribution is 5.79. The van der Waals surface area contributed by atoms with Crippen LogP contribution in [0.5, 0.6) is 0 Å². The Bertz CT molecular complexity index is 910. The number of aromatic nitrogens is 1. The van der Waals surface area contributed by atoms with E-state index in [1.54, 1.807) is 0 Å². The van der Waals surface area contributed by atoms with E-state index in [1.807, 2.05) is 6.07 Å². The van der Waals surface area contributed by atoms with Crippen molar-refractivity contribution in [2.75, 3.05) is 6.54 Å². The quantitative estimate of drug-likeness (QED) is 0.605. The molecule has 170 valence electrons. The van der Waals surface area contributed by atoms with E-state index in [2.05, 4.69) is 47.6 Å². The van der Waals surface area contributed by atoms with Crippen LogP contribution in [0.3, 0.4) is 0 Å². The molecule has 2 unspecified atom stereocenters. The Morgan fingerprint density at radius 1 is 0.935 bits per heavy atom. The molecule has 4 rings (SSSR count). The molecule has 1 aromatic carbocycles. The fraction of sp³-hybridized carbons (Fsp3) is 0.667. The summed E-state index contributed by atoms with van der Waals surface area (Å²) in [5.41, 5.74) is 8.53. The molecule has 4 atom stereocenters. The van der Waals surface area contributed by atoms with Crippen LogP contribution < -0.4 is 11.3 Å². The second kappa shape index (κ2) is 10.3. The number of nitrogens with two attached hydrogens (primary N) is 1. The molecular weight excluding hydrogens is 382 g/mol. The minimum absolute atomic E-state index is 0.219. The molecule has 0 bridgehead atoms. The van der Waals surface area contributed by atoms with Gasteiger partial charge in [-0.15, -0.1) is 0 Å². The molecule has 1 saturated heterocycles. The molecule has 1 aliphatic heterocycles. The Morgan fingerprint density at radius 2 is 1.65 bits per heavy atom. The molecule has 1 aliphatic carbocycles. The van der Waals surface area contributed by atoms with Crippen molar-refractivity contribution in [3.63, 3.8) is 0 Å². The minimum Gasteiger partial charge on any atom is -0.328 e. The monoisotopic (exact) mass is 423 g/mol. The molecule has 1 aromatic heterocycles. The normalized spacial score (nSPS) is 27.6. The van der Waals surface area contributed by atoms with Gasteiger partial charge in [-0.1, -0.05) is 37.5 Å². The van der Waals surface area contributed by atoms with Crippen LogP contribution in [0.2, 0.25) is 0 Å². The number of nitrogens with zero attached hydrogens (tertiary/aromatic N) is 2. The van der Waals surface area contributed by atoms with Crippen molar-refractivity contribution in [3.05, 3.63) is 46.2 Å². The second-order valence-electron chi connectivity index (χ2n) is 10.2. The van der Waals surface area contributed by atoms with Crippen molar-refractivity contribution in [3.8, 4) is 0 Å². The number of para-hydroxylation sites is 1. The lowest BCUT2D eigenvalue weighted by molar-refractivity contribution is 0.101. The lowest BCUT2D eigenvalue weighted by atomic mass is 9.82. The molecule has 31 heavy (non-hydrogen) atoms. The van der Waals surface area contributed by atoms with E-state index in [-0.39, 0.29) is 11.6 Å². The van der Waals surface area contributed by atoms with E-state index >= 15 is 0 Å². The van der Waals surface area contributed by atoms with Crippen molar-refractivity contribution in [1.29, 1.82) is 0 Å². The smallest absolute Gasteiger partial charge is 0.254 e. The Hall–Kier alpha value is -1.65. The van der Waals surface area contributed by atoms with Crippen LogP contribution >= 0.6 is 0 Å². The van der Waals surface area contributed by atoms with Gasteiger partial charge in [-0.25, -0.2) is 0 Å². The standard InChI is InChI=1S/C27H41N3O/c1-20-10-8-11-21(2)29(20)16-6-3-7-17-30-26-15-5-4-12-23(26)19-25(27(30)31)22-13-9-14-24(28)18-22/h4-5,12,15,19-22,24H,3,6-11,13-14,16-18,28H2,1-2H3/t20-,21+,22?,24?. The molecule has 2 N–H and O–H groups in total. The zero-order valence-electron chi connectivity index (χ0n) is 19.6. The number of piperidine rings is 1. The summed E-state index contributed by atoms with van der Waals surface area (Å²) < 4.78 is 2.05. The summed E-state index contributed by atoms with van der Waals surface area (Å²) in [4.78, 5) is 16.2. The second-order valence-corrected chi connectivity index (χ2v) is 10.2. The number of unbranched alkanes of at least 4 members (excludes halogenated alkanes) is 2. The Morgan fingerprint density at radius 3 is 2.42 bits per heavy atom. The number of aryl methyl sites for hydroxylation is 1. The largest absolute Gasteiger partial charge is 0.328 e. The van der Waals surface area contributed by atoms with E-state index < -0.39 is 0 Å². The average molecular weight is 424 g/mol. The van der Waals surface area contributed by atoms with Crippen LogP contribution in [0.1, 0.15) is 89.5 Å². The van der Waals surface area contributed by atoms with Crippen LogP contribution in [0.15, 0.2) is 35.1 Å². The van der Waals surface area contributed by atoms with Gasteiger partial charge in [-0.3, -0.25) is 9.69 Å². The number of rotatable bonds is 7. The van der Waals surface area contributed by atoms with Gasteiger partial charge >= 0.3 is 0 Å². The van der Waals surface area contributed by atoms with E-state index in [0.29, 0.717) is 18.0 Å². The van der Waals surface area contributed by atoms with Gasteiger partial charge in [0.25, 0.3) is 5.56 Å². The lowest BCUT2D eigenvalue weighted by Gasteiger charge is -2.39. The summed E-state index contributed by atoms with van der Waals surface area (Å²) in [5, 5.41) is 1.19. The van der Waals surface area contributed by atoms with E-state index in [0.717, 1.165) is 49.7 Å². The van der Waals surface area contributed by atoms with Gasteiger partial charge < -0.3 is 10.3 Å². The number of pyridine rings is 1. The number of hydrogen-bond acceptors (Lipinski definition) is 3. The van der Waals surface area contributed by atoms with Crippen LogP contribution in [0.25, 0.3) is 10.9 Å². The summed E-state index contributed by atoms with van der Waals surface area (Å²) in [5.74, 6) is 0.314. The zero-order chi connectivity index (χ0) is 21.8. The van der Waals surface area contributed by atoms with Crippen molar-refractivity contribution < 1.29 is 0 Å². The third-order valence-electron chi connectivity index (χ3n) is 7.86. The van der Waals surface area contributed by atoms with Gasteiger partial charge in [-0.05, 0) is 88.8 Å². The summed E-state index contributed by atoms with van der Waals surface area (Å²) in [6, 6.07) is 12.2. The maximum atomic E-state index is 13.5. The van der Waals surface area contributed by atoms with Crippen molar-refractivity contribution in [2.45, 2.75) is 109 Å². The highest BCUT2D eigenvalue weighted by atomic mass is 16.1. The van der Waals surface area contributed by atoms with Crippen LogP contribution in [-0.2, 0) is 6.54 Å². The zero-order valence-corrected chi connectivity index (χ0v) is 19.6. The predicted octanol–water partition coefficient (Wildman–Crippen LogP) is 5.42. The molecule has 0 spiro atoms. The minimum atomic E-state index is 0.219. The number of hydrogen-bond donors (Lipinski definition) is 1. The molecule has 2 aliphatic rings. The van der Waals surface area contributed by atoms with Gasteiger partial charge in [0, 0.05) is 30.2 Å². The molecule has 0 radical (unpaired) electrons. The fourth-order valence-electron chi connectivity index (χ4n) is 6.03. The number of likely N-dealkylation sites (tertiary alicyclic amines) is 1. The molecule has 2 fully saturated rings. The maximum absolute atomic E-state index is 13.5. The highest BCUT2D eigenvalue weighted by Crippen LogP contribution is 2.32. The van der Waals surface area contributed by atoms with Crippen LogP contribution in [0.4, 0.5) is 0 Å². The third-order valence-corrected chi connectivity index (χ3v) is 7.86. The van der Waals surface area contributed by atoms with Crippen molar-refractivity contribution in [2.24, 2.45) is 5.73 Å². The molecule has 4 nitrogen and oxygen atoms in total. The van der Waals surface area contributed by atoms with E-state index in [4.69, 9.17) is 5.73 Å². The van der Waals surface area contributed by atoms with Gasteiger partial charge in [-0.2, -0.15) is 0 Å². The Labute approximate surface area is 187 Å². The van der Waals surface area contributed by atoms with Crippen molar-refractivity contribution in [1.82, 2.24) is 9.47 Å². The van der Waals surface area contributed by atoms with Crippen LogP contribution in [-0.4, -0.2) is 34.1 Å².